The molecule has 0 aliphatic carbocycles. The van der Waals surface area contributed by atoms with Gasteiger partial charge in [0.05, 0.1) is 38.2 Å². The Labute approximate surface area is 193 Å². The Balaban J connectivity index is 1.63. The van der Waals surface area contributed by atoms with Crippen molar-refractivity contribution in [3.8, 4) is 17.2 Å². The molecular formula is C23H21BrN4O4. The summed E-state index contributed by atoms with van der Waals surface area (Å²) in [6.07, 6.45) is 1.45. The second-order valence-electron chi connectivity index (χ2n) is 6.58. The molecule has 0 radical (unpaired) electrons. The van der Waals surface area contributed by atoms with Crippen molar-refractivity contribution >= 4 is 39.4 Å². The quantitative estimate of drug-likeness (QED) is 0.251. The zero-order chi connectivity index (χ0) is 22.9. The Hall–Kier alpha value is -3.72. The molecule has 8 nitrogen and oxygen atoms in total. The molecule has 0 atom stereocenters. The lowest BCUT2D eigenvalue weighted by atomic mass is 10.1. The second-order valence-corrected chi connectivity index (χ2v) is 7.50. The van der Waals surface area contributed by atoms with Gasteiger partial charge in [0.15, 0.2) is 11.5 Å². The fourth-order valence-electron chi connectivity index (χ4n) is 2.75. The third-order valence-corrected chi connectivity index (χ3v) is 4.80. The molecule has 164 valence electrons. The first-order valence-corrected chi connectivity index (χ1v) is 10.3. The third-order valence-electron chi connectivity index (χ3n) is 4.31. The first-order chi connectivity index (χ1) is 15.5. The molecule has 0 bridgehead atoms. The van der Waals surface area contributed by atoms with Crippen LogP contribution in [0.25, 0.3) is 0 Å². The Bertz CT molecular complexity index is 1160. The first-order valence-electron chi connectivity index (χ1n) is 9.51. The van der Waals surface area contributed by atoms with Gasteiger partial charge < -0.3 is 14.6 Å². The maximum absolute atomic E-state index is 12.2. The summed E-state index contributed by atoms with van der Waals surface area (Å²) in [5.41, 5.74) is 4.79. The van der Waals surface area contributed by atoms with E-state index in [0.29, 0.717) is 28.4 Å². The summed E-state index contributed by atoms with van der Waals surface area (Å²) in [6, 6.07) is 17.4. The average Bonchev–Trinajstić information content (AvgIpc) is 2.79. The zero-order valence-corrected chi connectivity index (χ0v) is 19.0. The molecule has 0 heterocycles. The number of ether oxygens (including phenoxy) is 2. The number of amides is 1. The number of halogens is 1. The molecule has 9 heteroatoms. The van der Waals surface area contributed by atoms with Crippen molar-refractivity contribution in [2.75, 3.05) is 14.2 Å². The highest BCUT2D eigenvalue weighted by molar-refractivity contribution is 9.10. The minimum atomic E-state index is -0.321. The van der Waals surface area contributed by atoms with Crippen LogP contribution in [0, 0.1) is 0 Å². The van der Waals surface area contributed by atoms with Crippen molar-refractivity contribution in [3.05, 3.63) is 76.3 Å². The van der Waals surface area contributed by atoms with E-state index in [1.807, 2.05) is 24.3 Å². The van der Waals surface area contributed by atoms with Gasteiger partial charge in [0.25, 0.3) is 0 Å². The van der Waals surface area contributed by atoms with Crippen LogP contribution in [0.5, 0.6) is 17.2 Å². The largest absolute Gasteiger partial charge is 0.507 e. The van der Waals surface area contributed by atoms with Crippen LogP contribution in [0.2, 0.25) is 0 Å². The van der Waals surface area contributed by atoms with Gasteiger partial charge in [-0.25, -0.2) is 5.43 Å². The van der Waals surface area contributed by atoms with Gasteiger partial charge in [-0.2, -0.15) is 15.3 Å². The van der Waals surface area contributed by atoms with E-state index in [-0.39, 0.29) is 18.1 Å². The van der Waals surface area contributed by atoms with Crippen molar-refractivity contribution < 1.29 is 19.4 Å². The van der Waals surface area contributed by atoms with Crippen LogP contribution in [0.3, 0.4) is 0 Å². The van der Waals surface area contributed by atoms with Crippen LogP contribution >= 0.6 is 15.9 Å². The molecule has 2 N–H and O–H groups in total. The van der Waals surface area contributed by atoms with Crippen LogP contribution < -0.4 is 14.9 Å². The van der Waals surface area contributed by atoms with E-state index in [9.17, 15) is 9.90 Å². The van der Waals surface area contributed by atoms with Crippen molar-refractivity contribution in [2.45, 2.75) is 6.42 Å². The molecule has 0 aliphatic rings. The van der Waals surface area contributed by atoms with Gasteiger partial charge in [-0.1, -0.05) is 28.1 Å². The fourth-order valence-corrected chi connectivity index (χ4v) is 3.14. The van der Waals surface area contributed by atoms with Gasteiger partial charge >= 0.3 is 0 Å². The topological polar surface area (TPSA) is 105 Å². The first kappa shape index (κ1) is 23.0. The minimum absolute atomic E-state index is 0.00398. The summed E-state index contributed by atoms with van der Waals surface area (Å²) in [5.74, 6) is 0.810. The summed E-state index contributed by atoms with van der Waals surface area (Å²) in [6.45, 7) is 0. The van der Waals surface area contributed by atoms with Crippen molar-refractivity contribution in [2.24, 2.45) is 15.3 Å². The van der Waals surface area contributed by atoms with E-state index in [2.05, 4.69) is 36.7 Å². The molecule has 0 aliphatic heterocycles. The number of phenolic OH excluding ortho intramolecular Hbond substituents is 1. The van der Waals surface area contributed by atoms with Crippen LogP contribution in [0.1, 0.15) is 11.1 Å². The molecule has 0 saturated carbocycles. The molecule has 1 amide bonds. The van der Waals surface area contributed by atoms with Gasteiger partial charge in [-0.15, -0.1) is 0 Å². The number of phenols is 1. The summed E-state index contributed by atoms with van der Waals surface area (Å²) in [7, 11) is 3.08. The predicted octanol–water partition coefficient (Wildman–Crippen LogP) is 5.28. The molecule has 32 heavy (non-hydrogen) atoms. The van der Waals surface area contributed by atoms with Gasteiger partial charge in [0.2, 0.25) is 5.91 Å². The number of azo groups is 1. The molecule has 0 fully saturated rings. The number of nitrogens with one attached hydrogen (secondary N) is 1. The number of aromatic hydroxyl groups is 1. The molecule has 3 aromatic carbocycles. The molecule has 3 rings (SSSR count). The predicted molar refractivity (Wildman–Crippen MR) is 125 cm³/mol. The van der Waals surface area contributed by atoms with Crippen LogP contribution in [-0.4, -0.2) is 31.4 Å². The highest BCUT2D eigenvalue weighted by Gasteiger charge is 2.08. The Kier molecular flexibility index (Phi) is 7.93. The fraction of sp³-hybridized carbons (Fsp3) is 0.130. The molecule has 0 saturated heterocycles. The summed E-state index contributed by atoms with van der Waals surface area (Å²) < 4.78 is 11.3. The molecule has 0 spiro atoms. The van der Waals surface area contributed by atoms with E-state index < -0.39 is 0 Å². The van der Waals surface area contributed by atoms with E-state index in [1.54, 1.807) is 37.4 Å². The van der Waals surface area contributed by atoms with Crippen molar-refractivity contribution in [3.63, 3.8) is 0 Å². The maximum atomic E-state index is 12.2. The van der Waals surface area contributed by atoms with Gasteiger partial charge in [0, 0.05) is 10.0 Å². The van der Waals surface area contributed by atoms with Crippen LogP contribution in [0.15, 0.2) is 80.5 Å². The molecular weight excluding hydrogens is 476 g/mol. The summed E-state index contributed by atoms with van der Waals surface area (Å²) in [4.78, 5) is 12.2. The van der Waals surface area contributed by atoms with Crippen molar-refractivity contribution in [1.82, 2.24) is 5.43 Å². The average molecular weight is 497 g/mol. The van der Waals surface area contributed by atoms with Crippen molar-refractivity contribution in [1.29, 1.82) is 0 Å². The minimum Gasteiger partial charge on any atom is -0.507 e. The number of rotatable bonds is 8. The zero-order valence-electron chi connectivity index (χ0n) is 17.4. The smallest absolute Gasteiger partial charge is 0.244 e. The maximum Gasteiger partial charge on any atom is 0.244 e. The van der Waals surface area contributed by atoms with E-state index >= 15 is 0 Å². The number of carbonyl (C=O) groups is 1. The molecule has 0 aromatic heterocycles. The number of benzene rings is 3. The SMILES string of the molecule is COc1ccc(CC(=O)N/N=C/c2cc(N=Nc3cccc(Br)c3)ccc2O)cc1OC. The lowest BCUT2D eigenvalue weighted by Crippen LogP contribution is -2.19. The number of methoxy groups -OCH3 is 2. The number of carbonyl (C=O) groups excluding carboxylic acids is 1. The lowest BCUT2D eigenvalue weighted by Gasteiger charge is -2.09. The van der Waals surface area contributed by atoms with Crippen LogP contribution in [0.4, 0.5) is 11.4 Å². The van der Waals surface area contributed by atoms with Gasteiger partial charge in [-0.3, -0.25) is 4.79 Å². The summed E-state index contributed by atoms with van der Waals surface area (Å²) in [5, 5.41) is 22.3. The Morgan fingerprint density at radius 1 is 1.00 bits per heavy atom. The van der Waals surface area contributed by atoms with Gasteiger partial charge in [-0.05, 0) is 54.1 Å². The number of hydrogen-bond donors (Lipinski definition) is 2. The molecule has 0 unspecified atom stereocenters. The third kappa shape index (κ3) is 6.39. The number of hydrazone groups is 1. The molecule has 3 aromatic rings. The highest BCUT2D eigenvalue weighted by Crippen LogP contribution is 2.28. The Morgan fingerprint density at radius 2 is 1.75 bits per heavy atom. The highest BCUT2D eigenvalue weighted by atomic mass is 79.9. The van der Waals surface area contributed by atoms with Crippen LogP contribution in [-0.2, 0) is 11.2 Å². The van der Waals surface area contributed by atoms with E-state index in [1.165, 1.54) is 19.4 Å². The number of nitrogens with zero attached hydrogens (tertiary/aromatic N) is 3. The van der Waals surface area contributed by atoms with E-state index in [0.717, 1.165) is 10.0 Å². The van der Waals surface area contributed by atoms with Gasteiger partial charge in [0.1, 0.15) is 5.75 Å². The second kappa shape index (κ2) is 11.1. The van der Waals surface area contributed by atoms with E-state index in [4.69, 9.17) is 9.47 Å². The normalized spacial score (nSPS) is 11.1. The monoisotopic (exact) mass is 496 g/mol. The summed E-state index contributed by atoms with van der Waals surface area (Å²) >= 11 is 3.39. The number of hydrogen-bond acceptors (Lipinski definition) is 7. The lowest BCUT2D eigenvalue weighted by molar-refractivity contribution is -0.120. The Morgan fingerprint density at radius 3 is 2.47 bits per heavy atom. The standard InChI is InChI=1S/C23H21BrN4O4/c1-31-21-9-6-15(10-22(21)32-2)11-23(30)28-25-14-16-12-19(7-8-20(16)29)27-26-18-5-3-4-17(24)13-18/h3-10,12-14,29H,11H2,1-2H3,(H,28,30)/b25-14+,27-26?.